The van der Waals surface area contributed by atoms with Crippen LogP contribution in [0.4, 0.5) is 0 Å². The largest absolute Gasteiger partial charge is 0.324 e. The average molecular weight is 228 g/mol. The topological polar surface area (TPSA) is 26.0 Å². The zero-order valence-electron chi connectivity index (χ0n) is 8.00. The second-order valence-electron chi connectivity index (χ2n) is 3.76. The molecule has 1 unspecified atom stereocenters. The van der Waals surface area contributed by atoms with Gasteiger partial charge in [0.05, 0.1) is 4.34 Å². The smallest absolute Gasteiger partial charge is 0.0931 e. The Morgan fingerprint density at radius 1 is 1.50 bits per heavy atom. The summed E-state index contributed by atoms with van der Waals surface area (Å²) in [5.41, 5.74) is 7.36. The molecule has 1 aliphatic rings. The maximum atomic E-state index is 5.88. The number of nitrogens with two attached hydrogens (primary N) is 1. The van der Waals surface area contributed by atoms with E-state index in [-0.39, 0.29) is 6.04 Å². The van der Waals surface area contributed by atoms with Crippen molar-refractivity contribution in [2.75, 3.05) is 0 Å². The first kappa shape index (κ1) is 10.2. The van der Waals surface area contributed by atoms with E-state index in [0.717, 1.165) is 17.2 Å². The van der Waals surface area contributed by atoms with E-state index < -0.39 is 0 Å². The van der Waals surface area contributed by atoms with Crippen LogP contribution in [0.5, 0.6) is 0 Å². The minimum absolute atomic E-state index is 0.272. The molecule has 14 heavy (non-hydrogen) atoms. The molecule has 0 radical (unpaired) electrons. The van der Waals surface area contributed by atoms with Crippen LogP contribution in [0.25, 0.3) is 0 Å². The highest BCUT2D eigenvalue weighted by atomic mass is 35.5. The molecule has 0 fully saturated rings. The molecule has 1 atom stereocenters. The molecular formula is C11H14ClNS. The highest BCUT2D eigenvalue weighted by Crippen LogP contribution is 2.27. The Morgan fingerprint density at radius 3 is 3.00 bits per heavy atom. The van der Waals surface area contributed by atoms with Gasteiger partial charge < -0.3 is 5.73 Å². The molecule has 2 rings (SSSR count). The second-order valence-corrected chi connectivity index (χ2v) is 5.56. The van der Waals surface area contributed by atoms with E-state index in [9.17, 15) is 0 Å². The lowest BCUT2D eigenvalue weighted by Gasteiger charge is -2.17. The van der Waals surface area contributed by atoms with Gasteiger partial charge in [-0.15, -0.1) is 11.3 Å². The summed E-state index contributed by atoms with van der Waals surface area (Å²) < 4.78 is 0.876. The van der Waals surface area contributed by atoms with E-state index in [1.165, 1.54) is 23.3 Å². The van der Waals surface area contributed by atoms with E-state index >= 15 is 0 Å². The predicted octanol–water partition coefficient (Wildman–Crippen LogP) is 3.38. The van der Waals surface area contributed by atoms with Crippen LogP contribution in [-0.2, 0) is 6.42 Å². The van der Waals surface area contributed by atoms with Gasteiger partial charge in [0.15, 0.2) is 0 Å². The molecule has 1 aliphatic carbocycles. The number of hydrogen-bond donors (Lipinski definition) is 1. The summed E-state index contributed by atoms with van der Waals surface area (Å²) in [7, 11) is 0. The number of hydrogen-bond acceptors (Lipinski definition) is 2. The zero-order chi connectivity index (χ0) is 9.97. The molecule has 0 saturated heterocycles. The summed E-state index contributed by atoms with van der Waals surface area (Å²) in [5, 5.41) is 0. The molecular weight excluding hydrogens is 214 g/mol. The number of halogens is 1. The Bertz CT molecular complexity index is 343. The zero-order valence-corrected chi connectivity index (χ0v) is 9.57. The lowest BCUT2D eigenvalue weighted by molar-refractivity contribution is 0.618. The standard InChI is InChI=1S/C11H14ClNS/c12-11-5-4-10(14-11)7-8-2-1-3-9(13)6-8/h4-6,9H,1-3,7,13H2. The monoisotopic (exact) mass is 227 g/mol. The van der Waals surface area contributed by atoms with Gasteiger partial charge in [0, 0.05) is 17.3 Å². The molecule has 0 aliphatic heterocycles. The quantitative estimate of drug-likeness (QED) is 0.771. The molecule has 2 N–H and O–H groups in total. The maximum Gasteiger partial charge on any atom is 0.0931 e. The second kappa shape index (κ2) is 4.47. The lowest BCUT2D eigenvalue weighted by Crippen LogP contribution is -2.20. The van der Waals surface area contributed by atoms with Crippen LogP contribution in [0.15, 0.2) is 23.8 Å². The van der Waals surface area contributed by atoms with Crippen LogP contribution < -0.4 is 5.73 Å². The first-order valence-electron chi connectivity index (χ1n) is 4.93. The van der Waals surface area contributed by atoms with Gasteiger partial charge in [-0.2, -0.15) is 0 Å². The number of thiophene rings is 1. The van der Waals surface area contributed by atoms with Crippen molar-refractivity contribution in [3.63, 3.8) is 0 Å². The van der Waals surface area contributed by atoms with Crippen LogP contribution in [-0.4, -0.2) is 6.04 Å². The Labute approximate surface area is 93.6 Å². The Hall–Kier alpha value is -0.310. The molecule has 0 amide bonds. The van der Waals surface area contributed by atoms with Crippen LogP contribution in [0.1, 0.15) is 24.1 Å². The van der Waals surface area contributed by atoms with Gasteiger partial charge in [-0.3, -0.25) is 0 Å². The van der Waals surface area contributed by atoms with Crippen LogP contribution in [0, 0.1) is 0 Å². The van der Waals surface area contributed by atoms with Crippen LogP contribution >= 0.6 is 22.9 Å². The molecule has 0 spiro atoms. The third-order valence-electron chi connectivity index (χ3n) is 2.52. The Balaban J connectivity index is 2.03. The van der Waals surface area contributed by atoms with Crippen molar-refractivity contribution in [1.29, 1.82) is 0 Å². The van der Waals surface area contributed by atoms with Crippen molar-refractivity contribution in [1.82, 2.24) is 0 Å². The van der Waals surface area contributed by atoms with Crippen molar-refractivity contribution < 1.29 is 0 Å². The summed E-state index contributed by atoms with van der Waals surface area (Å²) >= 11 is 7.55. The average Bonchev–Trinajstić information content (AvgIpc) is 2.51. The third-order valence-corrected chi connectivity index (χ3v) is 3.75. The van der Waals surface area contributed by atoms with Crippen molar-refractivity contribution in [2.24, 2.45) is 5.73 Å². The third kappa shape index (κ3) is 2.59. The lowest BCUT2D eigenvalue weighted by atomic mass is 9.94. The molecule has 1 aromatic rings. The van der Waals surface area contributed by atoms with E-state index in [2.05, 4.69) is 12.1 Å². The molecule has 1 aromatic heterocycles. The minimum Gasteiger partial charge on any atom is -0.324 e. The molecule has 1 heterocycles. The van der Waals surface area contributed by atoms with Gasteiger partial charge >= 0.3 is 0 Å². The van der Waals surface area contributed by atoms with E-state index in [1.807, 2.05) is 6.07 Å². The molecule has 3 heteroatoms. The molecule has 0 saturated carbocycles. The predicted molar refractivity (Wildman–Crippen MR) is 62.9 cm³/mol. The van der Waals surface area contributed by atoms with Gasteiger partial charge in [-0.05, 0) is 31.4 Å². The van der Waals surface area contributed by atoms with Gasteiger partial charge in [0.2, 0.25) is 0 Å². The Kier molecular flexibility index (Phi) is 3.26. The molecule has 1 nitrogen and oxygen atoms in total. The summed E-state index contributed by atoms with van der Waals surface area (Å²) in [5.74, 6) is 0. The Morgan fingerprint density at radius 2 is 2.36 bits per heavy atom. The van der Waals surface area contributed by atoms with Gasteiger partial charge in [0.25, 0.3) is 0 Å². The van der Waals surface area contributed by atoms with E-state index in [0.29, 0.717) is 0 Å². The fraction of sp³-hybridized carbons (Fsp3) is 0.455. The summed E-state index contributed by atoms with van der Waals surface area (Å²) in [6.07, 6.45) is 6.81. The highest BCUT2D eigenvalue weighted by Gasteiger charge is 2.10. The molecule has 0 aromatic carbocycles. The highest BCUT2D eigenvalue weighted by molar-refractivity contribution is 7.16. The SMILES string of the molecule is NC1C=C(Cc2ccc(Cl)s2)CCC1. The van der Waals surface area contributed by atoms with Gasteiger partial charge in [0.1, 0.15) is 0 Å². The number of allylic oxidation sites excluding steroid dienone is 1. The van der Waals surface area contributed by atoms with Gasteiger partial charge in [-0.1, -0.05) is 23.3 Å². The van der Waals surface area contributed by atoms with Gasteiger partial charge in [-0.25, -0.2) is 0 Å². The van der Waals surface area contributed by atoms with E-state index in [4.69, 9.17) is 17.3 Å². The van der Waals surface area contributed by atoms with E-state index in [1.54, 1.807) is 11.3 Å². The van der Waals surface area contributed by atoms with Crippen molar-refractivity contribution in [2.45, 2.75) is 31.7 Å². The molecule has 76 valence electrons. The fourth-order valence-corrected chi connectivity index (χ4v) is 2.99. The first-order valence-corrected chi connectivity index (χ1v) is 6.13. The maximum absolute atomic E-state index is 5.88. The van der Waals surface area contributed by atoms with Crippen LogP contribution in [0.2, 0.25) is 4.34 Å². The fourth-order valence-electron chi connectivity index (χ4n) is 1.85. The normalized spacial score (nSPS) is 22.1. The van der Waals surface area contributed by atoms with Crippen molar-refractivity contribution >= 4 is 22.9 Å². The van der Waals surface area contributed by atoms with Crippen LogP contribution in [0.3, 0.4) is 0 Å². The molecule has 0 bridgehead atoms. The summed E-state index contributed by atoms with van der Waals surface area (Å²) in [4.78, 5) is 1.34. The summed E-state index contributed by atoms with van der Waals surface area (Å²) in [6, 6.07) is 4.34. The number of rotatable bonds is 2. The minimum atomic E-state index is 0.272. The van der Waals surface area contributed by atoms with Crippen molar-refractivity contribution in [3.05, 3.63) is 33.0 Å². The summed E-state index contributed by atoms with van der Waals surface area (Å²) in [6.45, 7) is 0. The first-order chi connectivity index (χ1) is 6.74. The van der Waals surface area contributed by atoms with Crippen molar-refractivity contribution in [3.8, 4) is 0 Å².